The monoisotopic (exact) mass is 318 g/mol. The zero-order valence-corrected chi connectivity index (χ0v) is 13.3. The molecule has 0 spiro atoms. The van der Waals surface area contributed by atoms with Crippen molar-refractivity contribution in [1.29, 1.82) is 0 Å². The fourth-order valence-corrected chi connectivity index (χ4v) is 4.38. The van der Waals surface area contributed by atoms with Crippen LogP contribution in [0.2, 0.25) is 5.02 Å². The van der Waals surface area contributed by atoms with Gasteiger partial charge in [-0.05, 0) is 26.0 Å². The molecule has 5 nitrogen and oxygen atoms in total. The van der Waals surface area contributed by atoms with E-state index in [1.807, 2.05) is 13.8 Å². The maximum Gasteiger partial charge on any atom is 0.246 e. The van der Waals surface area contributed by atoms with Gasteiger partial charge in [0.25, 0.3) is 0 Å². The standard InChI is InChI=1S/C13H19ClN2O3S/c1-9-7-16(8-10(2)15-9)20(17,18)13-5-4-11(14)6-12(13)19-3/h4-6,9-10,15H,7-8H2,1-3H3. The topological polar surface area (TPSA) is 58.6 Å². The van der Waals surface area contributed by atoms with E-state index in [0.29, 0.717) is 18.1 Å². The van der Waals surface area contributed by atoms with Crippen LogP contribution in [-0.4, -0.2) is 45.0 Å². The third kappa shape index (κ3) is 3.09. The van der Waals surface area contributed by atoms with Gasteiger partial charge in [0, 0.05) is 36.3 Å². The number of hydrogen-bond donors (Lipinski definition) is 1. The minimum Gasteiger partial charge on any atom is -0.495 e. The summed E-state index contributed by atoms with van der Waals surface area (Å²) < 4.78 is 32.1. The van der Waals surface area contributed by atoms with Gasteiger partial charge in [0.15, 0.2) is 0 Å². The SMILES string of the molecule is COc1cc(Cl)ccc1S(=O)(=O)N1CC(C)NC(C)C1. The second-order valence-electron chi connectivity index (χ2n) is 5.09. The smallest absolute Gasteiger partial charge is 0.246 e. The normalized spacial score (nSPS) is 24.6. The number of sulfonamides is 1. The molecule has 0 bridgehead atoms. The van der Waals surface area contributed by atoms with Gasteiger partial charge in [0.2, 0.25) is 10.0 Å². The van der Waals surface area contributed by atoms with Crippen LogP contribution in [0.15, 0.2) is 23.1 Å². The summed E-state index contributed by atoms with van der Waals surface area (Å²) in [5, 5.41) is 3.76. The van der Waals surface area contributed by atoms with Crippen LogP contribution in [-0.2, 0) is 10.0 Å². The third-order valence-electron chi connectivity index (χ3n) is 3.27. The maximum absolute atomic E-state index is 12.7. The molecule has 1 aliphatic heterocycles. The van der Waals surface area contributed by atoms with E-state index in [9.17, 15) is 8.42 Å². The molecule has 2 atom stereocenters. The Labute approximate surface area is 124 Å². The Bertz CT molecular complexity index is 581. The van der Waals surface area contributed by atoms with Gasteiger partial charge in [0.1, 0.15) is 10.6 Å². The summed E-state index contributed by atoms with van der Waals surface area (Å²) in [4.78, 5) is 0.158. The van der Waals surface area contributed by atoms with Crippen molar-refractivity contribution >= 4 is 21.6 Å². The zero-order chi connectivity index (χ0) is 14.9. The Morgan fingerprint density at radius 1 is 1.30 bits per heavy atom. The molecule has 1 aromatic carbocycles. The fourth-order valence-electron chi connectivity index (χ4n) is 2.47. The van der Waals surface area contributed by atoms with Crippen molar-refractivity contribution in [2.24, 2.45) is 0 Å². The summed E-state index contributed by atoms with van der Waals surface area (Å²) >= 11 is 5.88. The molecule has 7 heteroatoms. The van der Waals surface area contributed by atoms with E-state index in [4.69, 9.17) is 16.3 Å². The zero-order valence-electron chi connectivity index (χ0n) is 11.8. The first-order valence-electron chi connectivity index (χ1n) is 6.44. The highest BCUT2D eigenvalue weighted by molar-refractivity contribution is 7.89. The van der Waals surface area contributed by atoms with E-state index >= 15 is 0 Å². The number of hydrogen-bond acceptors (Lipinski definition) is 4. The number of nitrogens with one attached hydrogen (secondary N) is 1. The van der Waals surface area contributed by atoms with Crippen molar-refractivity contribution in [3.8, 4) is 5.75 Å². The molecule has 2 unspecified atom stereocenters. The molecule has 112 valence electrons. The molecule has 1 aromatic rings. The van der Waals surface area contributed by atoms with Crippen molar-refractivity contribution in [2.75, 3.05) is 20.2 Å². The van der Waals surface area contributed by atoms with Crippen molar-refractivity contribution in [3.05, 3.63) is 23.2 Å². The summed E-state index contributed by atoms with van der Waals surface area (Å²) in [5.41, 5.74) is 0. The van der Waals surface area contributed by atoms with Gasteiger partial charge in [-0.1, -0.05) is 11.6 Å². The van der Waals surface area contributed by atoms with Crippen molar-refractivity contribution < 1.29 is 13.2 Å². The first-order chi connectivity index (χ1) is 9.34. The van der Waals surface area contributed by atoms with Gasteiger partial charge in [-0.15, -0.1) is 0 Å². The van der Waals surface area contributed by atoms with E-state index in [0.717, 1.165) is 0 Å². The molecule has 1 aliphatic rings. The van der Waals surface area contributed by atoms with Crippen molar-refractivity contribution in [3.63, 3.8) is 0 Å². The molecular formula is C13H19ClN2O3S. The highest BCUT2D eigenvalue weighted by Gasteiger charge is 2.33. The van der Waals surface area contributed by atoms with Crippen LogP contribution in [0.3, 0.4) is 0 Å². The predicted octanol–water partition coefficient (Wildman–Crippen LogP) is 1.72. The molecule has 20 heavy (non-hydrogen) atoms. The molecular weight excluding hydrogens is 300 g/mol. The Morgan fingerprint density at radius 2 is 1.90 bits per heavy atom. The summed E-state index contributed by atoms with van der Waals surface area (Å²) in [7, 11) is -2.14. The van der Waals surface area contributed by atoms with Crippen LogP contribution in [0, 0.1) is 0 Å². The van der Waals surface area contributed by atoms with Gasteiger partial charge in [-0.3, -0.25) is 0 Å². The van der Waals surface area contributed by atoms with E-state index in [-0.39, 0.29) is 22.7 Å². The molecule has 2 rings (SSSR count). The average Bonchev–Trinajstić information content (AvgIpc) is 2.37. The van der Waals surface area contributed by atoms with Gasteiger partial charge in [0.05, 0.1) is 7.11 Å². The highest BCUT2D eigenvalue weighted by Crippen LogP contribution is 2.30. The van der Waals surface area contributed by atoms with Gasteiger partial charge in [-0.2, -0.15) is 4.31 Å². The Morgan fingerprint density at radius 3 is 2.45 bits per heavy atom. The first-order valence-corrected chi connectivity index (χ1v) is 8.26. The number of nitrogens with zero attached hydrogens (tertiary/aromatic N) is 1. The number of piperazine rings is 1. The highest BCUT2D eigenvalue weighted by atomic mass is 35.5. The van der Waals surface area contributed by atoms with Crippen molar-refractivity contribution in [1.82, 2.24) is 9.62 Å². The summed E-state index contributed by atoms with van der Waals surface area (Å²) in [6.45, 7) is 4.82. The van der Waals surface area contributed by atoms with Gasteiger partial charge in [-0.25, -0.2) is 8.42 Å². The van der Waals surface area contributed by atoms with Crippen molar-refractivity contribution in [2.45, 2.75) is 30.8 Å². The summed E-state index contributed by atoms with van der Waals surface area (Å²) in [6, 6.07) is 4.81. The van der Waals surface area contributed by atoms with Crippen LogP contribution in [0.4, 0.5) is 0 Å². The van der Waals surface area contributed by atoms with Gasteiger partial charge >= 0.3 is 0 Å². The minimum absolute atomic E-state index is 0.117. The molecule has 0 aliphatic carbocycles. The van der Waals surface area contributed by atoms with Gasteiger partial charge < -0.3 is 10.1 Å². The lowest BCUT2D eigenvalue weighted by Crippen LogP contribution is -2.55. The molecule has 0 saturated carbocycles. The lowest BCUT2D eigenvalue weighted by Gasteiger charge is -2.35. The Hall–Kier alpha value is -0.820. The maximum atomic E-state index is 12.7. The van der Waals surface area contributed by atoms with E-state index in [1.165, 1.54) is 23.5 Å². The lowest BCUT2D eigenvalue weighted by molar-refractivity contribution is 0.262. The molecule has 1 N–H and O–H groups in total. The predicted molar refractivity (Wildman–Crippen MR) is 78.8 cm³/mol. The number of halogens is 1. The lowest BCUT2D eigenvalue weighted by atomic mass is 10.2. The summed E-state index contributed by atoms with van der Waals surface area (Å²) in [5.74, 6) is 0.274. The van der Waals surface area contributed by atoms with E-state index in [1.54, 1.807) is 6.07 Å². The number of methoxy groups -OCH3 is 1. The van der Waals surface area contributed by atoms with Crippen LogP contribution in [0.5, 0.6) is 5.75 Å². The number of rotatable bonds is 3. The fraction of sp³-hybridized carbons (Fsp3) is 0.538. The Balaban J connectivity index is 2.39. The largest absolute Gasteiger partial charge is 0.495 e. The second-order valence-corrected chi connectivity index (χ2v) is 7.43. The summed E-state index contributed by atoms with van der Waals surface area (Å²) in [6.07, 6.45) is 0. The average molecular weight is 319 g/mol. The second kappa shape index (κ2) is 5.89. The Kier molecular flexibility index (Phi) is 4.59. The van der Waals surface area contributed by atoms with Crippen LogP contribution >= 0.6 is 11.6 Å². The van der Waals surface area contributed by atoms with Crippen LogP contribution in [0.25, 0.3) is 0 Å². The molecule has 0 aromatic heterocycles. The molecule has 1 heterocycles. The van der Waals surface area contributed by atoms with Crippen LogP contribution < -0.4 is 10.1 Å². The first kappa shape index (κ1) is 15.6. The molecule has 0 amide bonds. The number of ether oxygens (including phenoxy) is 1. The van der Waals surface area contributed by atoms with E-state index < -0.39 is 10.0 Å². The number of benzene rings is 1. The molecule has 0 radical (unpaired) electrons. The molecule has 1 fully saturated rings. The third-order valence-corrected chi connectivity index (χ3v) is 5.37. The molecule has 1 saturated heterocycles. The quantitative estimate of drug-likeness (QED) is 0.922. The van der Waals surface area contributed by atoms with E-state index in [2.05, 4.69) is 5.32 Å². The minimum atomic E-state index is -3.58. The van der Waals surface area contributed by atoms with Crippen LogP contribution in [0.1, 0.15) is 13.8 Å².